The number of nitriles is 1. The smallest absolute Gasteiger partial charge is 0.251 e. The average Bonchev–Trinajstić information content (AvgIpc) is 2.95. The summed E-state index contributed by atoms with van der Waals surface area (Å²) in [4.78, 5) is 16.0. The van der Waals surface area contributed by atoms with Crippen molar-refractivity contribution in [1.29, 1.82) is 5.26 Å². The second-order valence-electron chi connectivity index (χ2n) is 13.2. The summed E-state index contributed by atoms with van der Waals surface area (Å²) < 4.78 is 6.36. The van der Waals surface area contributed by atoms with Crippen LogP contribution in [0.1, 0.15) is 80.8 Å². The number of halogens is 1. The van der Waals surface area contributed by atoms with Gasteiger partial charge < -0.3 is 20.3 Å². The molecule has 0 radical (unpaired) electrons. The van der Waals surface area contributed by atoms with Crippen LogP contribution in [0.5, 0.6) is 5.75 Å². The van der Waals surface area contributed by atoms with Crippen LogP contribution in [0.4, 0.5) is 0 Å². The van der Waals surface area contributed by atoms with E-state index in [0.29, 0.717) is 27.8 Å². The van der Waals surface area contributed by atoms with Gasteiger partial charge in [0.25, 0.3) is 5.91 Å². The number of ether oxygens (including phenoxy) is 1. The predicted molar refractivity (Wildman–Crippen MR) is 160 cm³/mol. The summed E-state index contributed by atoms with van der Waals surface area (Å²) in [6, 6.07) is 15.4. The predicted octanol–water partition coefficient (Wildman–Crippen LogP) is 6.00. The number of nitrogens with one attached hydrogen (secondary N) is 2. The number of rotatable bonds is 7. The molecule has 2 saturated heterocycles. The van der Waals surface area contributed by atoms with Gasteiger partial charge in [-0.15, -0.1) is 0 Å². The molecular weight excluding hydrogens is 520 g/mol. The number of amides is 1. The summed E-state index contributed by atoms with van der Waals surface area (Å²) in [5, 5.41) is 16.3. The standard InChI is InChI=1S/C33H43ClN4O2/c1-32(2)30(33(3,4)31(32)40-27-10-9-26(20-35)28(34)19-27)37-29(39)25-7-5-23(6-8-25)24-13-17-38(18-14-24)21-22-11-15-36-16-12-22/h5-10,19,22,24,30-31,36H,11-18,21H2,1-4H3,(H,37,39)/t30-,31-. The maximum Gasteiger partial charge on any atom is 0.251 e. The quantitative estimate of drug-likeness (QED) is 0.432. The van der Waals surface area contributed by atoms with Crippen LogP contribution < -0.4 is 15.4 Å². The molecule has 0 bridgehead atoms. The van der Waals surface area contributed by atoms with Crippen molar-refractivity contribution in [2.24, 2.45) is 16.7 Å². The lowest BCUT2D eigenvalue weighted by atomic mass is 9.49. The summed E-state index contributed by atoms with van der Waals surface area (Å²) >= 11 is 6.22. The Bertz CT molecular complexity index is 1220. The van der Waals surface area contributed by atoms with E-state index >= 15 is 0 Å². The molecule has 40 heavy (non-hydrogen) atoms. The molecule has 1 aliphatic carbocycles. The fourth-order valence-electron chi connectivity index (χ4n) is 7.60. The third-order valence-electron chi connectivity index (χ3n) is 9.64. The molecule has 3 aliphatic rings. The van der Waals surface area contributed by atoms with Gasteiger partial charge in [-0.3, -0.25) is 4.79 Å². The SMILES string of the molecule is CC1(C)[C@H](NC(=O)c2ccc(C3CCN(CC4CCNCC4)CC3)cc2)C(C)(C)[C@H]1Oc1ccc(C#N)c(Cl)c1. The molecule has 2 aromatic rings. The van der Waals surface area contributed by atoms with E-state index < -0.39 is 0 Å². The molecule has 214 valence electrons. The summed E-state index contributed by atoms with van der Waals surface area (Å²) in [5.41, 5.74) is 1.89. The highest BCUT2D eigenvalue weighted by atomic mass is 35.5. The van der Waals surface area contributed by atoms with E-state index in [-0.39, 0.29) is 28.9 Å². The average molecular weight is 563 g/mol. The number of carbonyl (C=O) groups excluding carboxylic acids is 1. The summed E-state index contributed by atoms with van der Waals surface area (Å²) in [5.74, 6) is 2.00. The van der Waals surface area contributed by atoms with Gasteiger partial charge in [0.05, 0.1) is 10.6 Å². The Balaban J connectivity index is 1.15. The van der Waals surface area contributed by atoms with Crippen molar-refractivity contribution >= 4 is 17.5 Å². The minimum Gasteiger partial charge on any atom is -0.489 e. The molecule has 2 aromatic carbocycles. The lowest BCUT2D eigenvalue weighted by Crippen LogP contribution is -2.74. The van der Waals surface area contributed by atoms with Crippen LogP contribution in [0.25, 0.3) is 0 Å². The van der Waals surface area contributed by atoms with Gasteiger partial charge >= 0.3 is 0 Å². The molecule has 2 N–H and O–H groups in total. The van der Waals surface area contributed by atoms with Crippen molar-refractivity contribution in [3.05, 3.63) is 64.2 Å². The third kappa shape index (κ3) is 5.88. The van der Waals surface area contributed by atoms with E-state index in [1.807, 2.05) is 12.1 Å². The highest BCUT2D eigenvalue weighted by Gasteiger charge is 2.64. The molecule has 1 amide bonds. The van der Waals surface area contributed by atoms with Crippen LogP contribution in [-0.4, -0.2) is 55.7 Å². The largest absolute Gasteiger partial charge is 0.489 e. The molecular formula is C33H43ClN4O2. The highest BCUT2D eigenvalue weighted by molar-refractivity contribution is 6.31. The first kappa shape index (κ1) is 28.9. The maximum absolute atomic E-state index is 13.3. The first-order chi connectivity index (χ1) is 19.1. The van der Waals surface area contributed by atoms with Crippen LogP contribution in [0.3, 0.4) is 0 Å². The Morgan fingerprint density at radius 3 is 2.30 bits per heavy atom. The monoisotopic (exact) mass is 562 g/mol. The lowest BCUT2D eigenvalue weighted by Gasteiger charge is -2.63. The van der Waals surface area contributed by atoms with Crippen molar-refractivity contribution in [1.82, 2.24) is 15.5 Å². The first-order valence-corrected chi connectivity index (χ1v) is 15.2. The fraction of sp³-hybridized carbons (Fsp3) is 0.576. The molecule has 0 aromatic heterocycles. The molecule has 7 heteroatoms. The normalized spacial score (nSPS) is 25.0. The fourth-order valence-corrected chi connectivity index (χ4v) is 7.81. The van der Waals surface area contributed by atoms with Gasteiger partial charge in [0.1, 0.15) is 17.9 Å². The zero-order chi connectivity index (χ0) is 28.5. The van der Waals surface area contributed by atoms with Crippen molar-refractivity contribution in [2.75, 3.05) is 32.7 Å². The van der Waals surface area contributed by atoms with Gasteiger partial charge in [0.15, 0.2) is 0 Å². The van der Waals surface area contributed by atoms with Gasteiger partial charge in [-0.25, -0.2) is 0 Å². The van der Waals surface area contributed by atoms with E-state index in [4.69, 9.17) is 21.6 Å². The second-order valence-corrected chi connectivity index (χ2v) is 13.6. The number of hydrogen-bond donors (Lipinski definition) is 2. The van der Waals surface area contributed by atoms with Crippen LogP contribution in [0, 0.1) is 28.1 Å². The number of benzene rings is 2. The first-order valence-electron chi connectivity index (χ1n) is 14.8. The molecule has 3 fully saturated rings. The van der Waals surface area contributed by atoms with Crippen LogP contribution in [0.2, 0.25) is 5.02 Å². The molecule has 2 heterocycles. The number of nitrogens with zero attached hydrogens (tertiary/aromatic N) is 2. The Hall–Kier alpha value is -2.59. The zero-order valence-corrected chi connectivity index (χ0v) is 25.1. The zero-order valence-electron chi connectivity index (χ0n) is 24.3. The van der Waals surface area contributed by atoms with E-state index in [1.165, 1.54) is 64.0 Å². The van der Waals surface area contributed by atoms with Crippen molar-refractivity contribution in [3.63, 3.8) is 0 Å². The molecule has 1 saturated carbocycles. The Morgan fingerprint density at radius 1 is 1.05 bits per heavy atom. The maximum atomic E-state index is 13.3. The lowest BCUT2D eigenvalue weighted by molar-refractivity contribution is -0.164. The van der Waals surface area contributed by atoms with Crippen LogP contribution in [0.15, 0.2) is 42.5 Å². The Kier molecular flexibility index (Phi) is 8.47. The minimum atomic E-state index is -0.290. The molecule has 6 nitrogen and oxygen atoms in total. The molecule has 0 unspecified atom stereocenters. The van der Waals surface area contributed by atoms with E-state index in [9.17, 15) is 4.79 Å². The van der Waals surface area contributed by atoms with Gasteiger partial charge in [0.2, 0.25) is 0 Å². The van der Waals surface area contributed by atoms with Crippen molar-refractivity contribution in [3.8, 4) is 11.8 Å². The van der Waals surface area contributed by atoms with E-state index in [0.717, 1.165) is 5.92 Å². The summed E-state index contributed by atoms with van der Waals surface area (Å²) in [6.45, 7) is 14.4. The molecule has 0 spiro atoms. The van der Waals surface area contributed by atoms with Gasteiger partial charge in [-0.2, -0.15) is 5.26 Å². The summed E-state index contributed by atoms with van der Waals surface area (Å²) in [7, 11) is 0. The highest BCUT2D eigenvalue weighted by Crippen LogP contribution is 2.55. The van der Waals surface area contributed by atoms with E-state index in [1.54, 1.807) is 18.2 Å². The molecule has 2 aliphatic heterocycles. The number of hydrogen-bond acceptors (Lipinski definition) is 5. The van der Waals surface area contributed by atoms with Crippen LogP contribution >= 0.6 is 11.6 Å². The van der Waals surface area contributed by atoms with Gasteiger partial charge in [0, 0.05) is 35.0 Å². The second kappa shape index (κ2) is 11.7. The Morgan fingerprint density at radius 2 is 1.70 bits per heavy atom. The topological polar surface area (TPSA) is 77.4 Å². The minimum absolute atomic E-state index is 0.0469. The van der Waals surface area contributed by atoms with Crippen LogP contribution in [-0.2, 0) is 0 Å². The van der Waals surface area contributed by atoms with Crippen molar-refractivity contribution in [2.45, 2.75) is 71.4 Å². The number of carbonyl (C=O) groups is 1. The third-order valence-corrected chi connectivity index (χ3v) is 9.95. The molecule has 0 atom stereocenters. The van der Waals surface area contributed by atoms with Gasteiger partial charge in [-0.05, 0) is 93.5 Å². The van der Waals surface area contributed by atoms with Crippen molar-refractivity contribution < 1.29 is 9.53 Å². The van der Waals surface area contributed by atoms with Gasteiger partial charge in [-0.1, -0.05) is 51.4 Å². The Labute approximate surface area is 244 Å². The number of piperidine rings is 2. The molecule has 5 rings (SSSR count). The van der Waals surface area contributed by atoms with E-state index in [2.05, 4.69) is 61.4 Å². The summed E-state index contributed by atoms with van der Waals surface area (Å²) in [6.07, 6.45) is 4.85. The number of likely N-dealkylation sites (tertiary alicyclic amines) is 1.